The third kappa shape index (κ3) is 2.98. The van der Waals surface area contributed by atoms with Crippen molar-refractivity contribution < 1.29 is 9.59 Å². The number of carbonyl (C=O) groups is 2. The van der Waals surface area contributed by atoms with Crippen LogP contribution in [0, 0.1) is 0 Å². The Hall–Kier alpha value is -3.73. The molecule has 0 spiro atoms. The molecule has 5 nitrogen and oxygen atoms in total. The van der Waals surface area contributed by atoms with Crippen LogP contribution in [-0.2, 0) is 0 Å². The van der Waals surface area contributed by atoms with Crippen LogP contribution >= 0.6 is 0 Å². The largest absolute Gasteiger partial charge is 0.320 e. The van der Waals surface area contributed by atoms with E-state index in [2.05, 4.69) is 10.4 Å². The summed E-state index contributed by atoms with van der Waals surface area (Å²) < 4.78 is 1.63. The van der Waals surface area contributed by atoms with Crippen molar-refractivity contribution in [3.05, 3.63) is 102 Å². The molecule has 0 aliphatic carbocycles. The Balaban J connectivity index is 1.64. The van der Waals surface area contributed by atoms with E-state index in [9.17, 15) is 9.59 Å². The van der Waals surface area contributed by atoms with Crippen LogP contribution in [0.5, 0.6) is 0 Å². The fraction of sp³-hybridized carbons (Fsp3) is 0. The van der Waals surface area contributed by atoms with Crippen molar-refractivity contribution in [1.29, 1.82) is 0 Å². The highest BCUT2D eigenvalue weighted by molar-refractivity contribution is 6.15. The second kappa shape index (κ2) is 6.64. The zero-order valence-corrected chi connectivity index (χ0v) is 13.8. The second-order valence-corrected chi connectivity index (χ2v) is 5.79. The number of carbonyl (C=O) groups excluding carboxylic acids is 2. The number of pyridine rings is 1. The zero-order valence-electron chi connectivity index (χ0n) is 13.8. The maximum atomic E-state index is 12.8. The van der Waals surface area contributed by atoms with Gasteiger partial charge in [-0.3, -0.25) is 9.59 Å². The Morgan fingerprint density at radius 1 is 0.846 bits per heavy atom. The summed E-state index contributed by atoms with van der Waals surface area (Å²) in [5.74, 6) is -0.501. The van der Waals surface area contributed by atoms with Gasteiger partial charge in [0.05, 0.1) is 11.2 Å². The predicted molar refractivity (Wildman–Crippen MR) is 99.5 cm³/mol. The Labute approximate surface area is 149 Å². The summed E-state index contributed by atoms with van der Waals surface area (Å²) in [7, 11) is 0. The number of benzene rings is 2. The number of fused-ring (bicyclic) bond motifs is 1. The lowest BCUT2D eigenvalue weighted by atomic mass is 10.0. The lowest BCUT2D eigenvalue weighted by molar-refractivity contribution is 0.102. The van der Waals surface area contributed by atoms with Gasteiger partial charge in [0.1, 0.15) is 0 Å². The minimum absolute atomic E-state index is 0.142. The summed E-state index contributed by atoms with van der Waals surface area (Å²) in [6.45, 7) is 0. The van der Waals surface area contributed by atoms with Gasteiger partial charge >= 0.3 is 0 Å². The molecule has 5 heteroatoms. The maximum Gasteiger partial charge on any atom is 0.276 e. The van der Waals surface area contributed by atoms with E-state index < -0.39 is 0 Å². The van der Waals surface area contributed by atoms with E-state index in [1.165, 1.54) is 0 Å². The third-order valence-electron chi connectivity index (χ3n) is 4.06. The van der Waals surface area contributed by atoms with E-state index in [1.54, 1.807) is 53.2 Å². The monoisotopic (exact) mass is 341 g/mol. The molecule has 26 heavy (non-hydrogen) atoms. The molecule has 0 radical (unpaired) electrons. The number of para-hydroxylation sites is 1. The molecule has 2 aromatic heterocycles. The molecule has 0 aliphatic rings. The summed E-state index contributed by atoms with van der Waals surface area (Å²) in [6.07, 6.45) is 1.78. The number of amides is 1. The van der Waals surface area contributed by atoms with Gasteiger partial charge in [0.25, 0.3) is 5.91 Å². The first-order valence-electron chi connectivity index (χ1n) is 8.17. The van der Waals surface area contributed by atoms with Crippen molar-refractivity contribution in [2.75, 3.05) is 5.32 Å². The Bertz CT molecular complexity index is 1070. The standard InChI is InChI=1S/C21H15N3O2/c25-20(15-8-2-1-3-9-15)17-11-4-5-12-18(17)22-21(26)19-14-16-10-6-7-13-24(16)23-19/h1-14H,(H,22,26). The molecule has 0 aliphatic heterocycles. The smallest absolute Gasteiger partial charge is 0.276 e. The molecule has 1 amide bonds. The molecule has 2 aromatic carbocycles. The van der Waals surface area contributed by atoms with Crippen LogP contribution in [0.25, 0.3) is 5.52 Å². The van der Waals surface area contributed by atoms with E-state index >= 15 is 0 Å². The molecule has 0 saturated heterocycles. The zero-order chi connectivity index (χ0) is 17.9. The van der Waals surface area contributed by atoms with Crippen molar-refractivity contribution in [3.8, 4) is 0 Å². The number of aromatic nitrogens is 2. The average Bonchev–Trinajstić information content (AvgIpc) is 3.13. The number of hydrogen-bond acceptors (Lipinski definition) is 3. The highest BCUT2D eigenvalue weighted by Gasteiger charge is 2.17. The molecule has 0 saturated carbocycles. The summed E-state index contributed by atoms with van der Waals surface area (Å²) in [5.41, 5.74) is 2.59. The summed E-state index contributed by atoms with van der Waals surface area (Å²) >= 11 is 0. The van der Waals surface area contributed by atoms with Gasteiger partial charge < -0.3 is 5.32 Å². The van der Waals surface area contributed by atoms with E-state index in [0.29, 0.717) is 16.8 Å². The predicted octanol–water partition coefficient (Wildman–Crippen LogP) is 3.82. The summed E-state index contributed by atoms with van der Waals surface area (Å²) in [4.78, 5) is 25.4. The number of nitrogens with one attached hydrogen (secondary N) is 1. The fourth-order valence-corrected chi connectivity index (χ4v) is 2.77. The van der Waals surface area contributed by atoms with Crippen LogP contribution in [0.4, 0.5) is 5.69 Å². The van der Waals surface area contributed by atoms with Gasteiger partial charge in [0, 0.05) is 17.3 Å². The maximum absolute atomic E-state index is 12.8. The number of nitrogens with zero attached hydrogens (tertiary/aromatic N) is 2. The van der Waals surface area contributed by atoms with Gasteiger partial charge in [-0.15, -0.1) is 0 Å². The van der Waals surface area contributed by atoms with Gasteiger partial charge in [-0.1, -0.05) is 48.5 Å². The molecular weight excluding hydrogens is 326 g/mol. The molecular formula is C21H15N3O2. The summed E-state index contributed by atoms with van der Waals surface area (Å²) in [6, 6.07) is 23.3. The second-order valence-electron chi connectivity index (χ2n) is 5.79. The normalized spacial score (nSPS) is 10.6. The first-order valence-corrected chi connectivity index (χ1v) is 8.17. The first-order chi connectivity index (χ1) is 12.7. The van der Waals surface area contributed by atoms with Gasteiger partial charge in [-0.05, 0) is 30.3 Å². The minimum Gasteiger partial charge on any atom is -0.320 e. The Kier molecular flexibility index (Phi) is 4.03. The third-order valence-corrected chi connectivity index (χ3v) is 4.06. The fourth-order valence-electron chi connectivity index (χ4n) is 2.77. The van der Waals surface area contributed by atoms with Crippen molar-refractivity contribution >= 4 is 22.9 Å². The minimum atomic E-state index is -0.359. The molecule has 4 aromatic rings. The quantitative estimate of drug-likeness (QED) is 0.574. The van der Waals surface area contributed by atoms with E-state index in [-0.39, 0.29) is 17.4 Å². The van der Waals surface area contributed by atoms with Crippen LogP contribution in [0.1, 0.15) is 26.4 Å². The van der Waals surface area contributed by atoms with Crippen LogP contribution in [0.2, 0.25) is 0 Å². The van der Waals surface area contributed by atoms with Crippen LogP contribution in [0.3, 0.4) is 0 Å². The topological polar surface area (TPSA) is 63.5 Å². The number of hydrogen-bond donors (Lipinski definition) is 1. The molecule has 1 N–H and O–H groups in total. The van der Waals surface area contributed by atoms with E-state index in [0.717, 1.165) is 5.52 Å². The number of rotatable bonds is 4. The highest BCUT2D eigenvalue weighted by atomic mass is 16.2. The lowest BCUT2D eigenvalue weighted by Crippen LogP contribution is -2.15. The number of anilines is 1. The SMILES string of the molecule is O=C(Nc1ccccc1C(=O)c1ccccc1)c1cc2ccccn2n1. The van der Waals surface area contributed by atoms with Crippen LogP contribution in [-0.4, -0.2) is 21.3 Å². The Morgan fingerprint density at radius 2 is 1.58 bits per heavy atom. The van der Waals surface area contributed by atoms with Crippen LogP contribution in [0.15, 0.2) is 85.1 Å². The van der Waals surface area contributed by atoms with Crippen molar-refractivity contribution in [1.82, 2.24) is 9.61 Å². The molecule has 4 rings (SSSR count). The van der Waals surface area contributed by atoms with E-state index in [4.69, 9.17) is 0 Å². The van der Waals surface area contributed by atoms with Crippen molar-refractivity contribution in [2.24, 2.45) is 0 Å². The summed E-state index contributed by atoms with van der Waals surface area (Å²) in [5, 5.41) is 7.06. The molecule has 0 fully saturated rings. The van der Waals surface area contributed by atoms with Crippen molar-refractivity contribution in [2.45, 2.75) is 0 Å². The average molecular weight is 341 g/mol. The van der Waals surface area contributed by atoms with Gasteiger partial charge in [-0.2, -0.15) is 5.10 Å². The molecule has 2 heterocycles. The lowest BCUT2D eigenvalue weighted by Gasteiger charge is -2.09. The van der Waals surface area contributed by atoms with Gasteiger partial charge in [0.2, 0.25) is 0 Å². The molecule has 126 valence electrons. The first kappa shape index (κ1) is 15.8. The van der Waals surface area contributed by atoms with Gasteiger partial charge in [-0.25, -0.2) is 4.52 Å². The Morgan fingerprint density at radius 3 is 2.38 bits per heavy atom. The van der Waals surface area contributed by atoms with E-state index in [1.807, 2.05) is 36.4 Å². The van der Waals surface area contributed by atoms with Gasteiger partial charge in [0.15, 0.2) is 11.5 Å². The van der Waals surface area contributed by atoms with Crippen LogP contribution < -0.4 is 5.32 Å². The highest BCUT2D eigenvalue weighted by Crippen LogP contribution is 2.20. The molecule has 0 bridgehead atoms. The molecule has 0 unspecified atom stereocenters. The van der Waals surface area contributed by atoms with Crippen molar-refractivity contribution in [3.63, 3.8) is 0 Å². The number of ketones is 1. The molecule has 0 atom stereocenters.